The van der Waals surface area contributed by atoms with Gasteiger partial charge in [-0.2, -0.15) is 0 Å². The van der Waals surface area contributed by atoms with Crippen molar-refractivity contribution in [1.29, 1.82) is 0 Å². The standard InChI is InChI=1S/C14H20BrFN2O/c1-9(13(19)18-14(2,3)4)17-8-10-7-11(16)5-6-12(10)15/h5-7,9,17H,8H2,1-4H3,(H,18,19). The Bertz CT molecular complexity index is 457. The van der Waals surface area contributed by atoms with Gasteiger partial charge < -0.3 is 10.6 Å². The first kappa shape index (κ1) is 16.1. The summed E-state index contributed by atoms with van der Waals surface area (Å²) in [5.41, 5.74) is 0.530. The molecule has 1 aromatic carbocycles. The van der Waals surface area contributed by atoms with Crippen LogP contribution in [0.15, 0.2) is 22.7 Å². The summed E-state index contributed by atoms with van der Waals surface area (Å²) in [6, 6.07) is 4.16. The van der Waals surface area contributed by atoms with Gasteiger partial charge in [0.2, 0.25) is 5.91 Å². The molecule has 1 unspecified atom stereocenters. The highest BCUT2D eigenvalue weighted by molar-refractivity contribution is 9.10. The number of hydrogen-bond acceptors (Lipinski definition) is 2. The van der Waals surface area contributed by atoms with Crippen molar-refractivity contribution in [2.45, 2.75) is 45.8 Å². The Morgan fingerprint density at radius 2 is 2.05 bits per heavy atom. The van der Waals surface area contributed by atoms with E-state index in [4.69, 9.17) is 0 Å². The van der Waals surface area contributed by atoms with E-state index < -0.39 is 0 Å². The highest BCUT2D eigenvalue weighted by Crippen LogP contribution is 2.17. The minimum absolute atomic E-state index is 0.0694. The third-order valence-electron chi connectivity index (χ3n) is 2.50. The number of carbonyl (C=O) groups excluding carboxylic acids is 1. The van der Waals surface area contributed by atoms with Gasteiger partial charge in [-0.25, -0.2) is 4.39 Å². The Labute approximate surface area is 122 Å². The van der Waals surface area contributed by atoms with Crippen LogP contribution in [0.1, 0.15) is 33.3 Å². The number of benzene rings is 1. The van der Waals surface area contributed by atoms with Gasteiger partial charge in [0.1, 0.15) is 5.82 Å². The fraction of sp³-hybridized carbons (Fsp3) is 0.500. The van der Waals surface area contributed by atoms with Crippen LogP contribution in [0.25, 0.3) is 0 Å². The molecule has 0 aliphatic heterocycles. The SMILES string of the molecule is CC(NCc1cc(F)ccc1Br)C(=O)NC(C)(C)C. The molecule has 0 aromatic heterocycles. The van der Waals surface area contributed by atoms with E-state index in [0.29, 0.717) is 6.54 Å². The zero-order valence-corrected chi connectivity index (χ0v) is 13.3. The van der Waals surface area contributed by atoms with Gasteiger partial charge in [0.05, 0.1) is 6.04 Å². The quantitative estimate of drug-likeness (QED) is 0.891. The molecule has 0 saturated heterocycles. The highest BCUT2D eigenvalue weighted by Gasteiger charge is 2.18. The van der Waals surface area contributed by atoms with Gasteiger partial charge in [0, 0.05) is 16.6 Å². The number of amides is 1. The fourth-order valence-electron chi connectivity index (χ4n) is 1.51. The summed E-state index contributed by atoms with van der Waals surface area (Å²) in [4.78, 5) is 11.9. The second-order valence-electron chi connectivity index (χ2n) is 5.58. The van der Waals surface area contributed by atoms with Crippen molar-refractivity contribution in [3.63, 3.8) is 0 Å². The van der Waals surface area contributed by atoms with Crippen molar-refractivity contribution in [2.75, 3.05) is 0 Å². The van der Waals surface area contributed by atoms with E-state index in [-0.39, 0.29) is 23.3 Å². The lowest BCUT2D eigenvalue weighted by atomic mass is 10.1. The molecule has 0 aliphatic rings. The van der Waals surface area contributed by atoms with Gasteiger partial charge in [-0.05, 0) is 51.5 Å². The van der Waals surface area contributed by atoms with Crippen LogP contribution in [-0.4, -0.2) is 17.5 Å². The average Bonchev–Trinajstić information content (AvgIpc) is 2.27. The van der Waals surface area contributed by atoms with E-state index in [1.807, 2.05) is 20.8 Å². The van der Waals surface area contributed by atoms with Gasteiger partial charge in [0.25, 0.3) is 0 Å². The van der Waals surface area contributed by atoms with Crippen LogP contribution in [0.5, 0.6) is 0 Å². The lowest BCUT2D eigenvalue weighted by Gasteiger charge is -2.23. The molecule has 0 aliphatic carbocycles. The molecule has 19 heavy (non-hydrogen) atoms. The molecular formula is C14H20BrFN2O. The number of nitrogens with one attached hydrogen (secondary N) is 2. The summed E-state index contributed by atoms with van der Waals surface area (Å²) < 4.78 is 13.9. The van der Waals surface area contributed by atoms with Crippen LogP contribution >= 0.6 is 15.9 Å². The maximum Gasteiger partial charge on any atom is 0.237 e. The molecule has 0 radical (unpaired) electrons. The molecule has 5 heteroatoms. The Balaban J connectivity index is 2.56. The largest absolute Gasteiger partial charge is 0.350 e. The number of halogens is 2. The van der Waals surface area contributed by atoms with Crippen LogP contribution in [-0.2, 0) is 11.3 Å². The molecule has 1 amide bonds. The third-order valence-corrected chi connectivity index (χ3v) is 3.27. The normalized spacial score (nSPS) is 13.2. The second-order valence-corrected chi connectivity index (χ2v) is 6.43. The Kier molecular flexibility index (Phi) is 5.50. The summed E-state index contributed by atoms with van der Waals surface area (Å²) in [6.45, 7) is 8.01. The third kappa shape index (κ3) is 5.70. The van der Waals surface area contributed by atoms with Crippen LogP contribution < -0.4 is 10.6 Å². The molecule has 0 heterocycles. The first-order valence-corrected chi connectivity index (χ1v) is 6.97. The highest BCUT2D eigenvalue weighted by atomic mass is 79.9. The van der Waals surface area contributed by atoms with Crippen LogP contribution in [0.2, 0.25) is 0 Å². The van der Waals surface area contributed by atoms with E-state index >= 15 is 0 Å². The minimum atomic E-state index is -0.339. The Morgan fingerprint density at radius 3 is 2.63 bits per heavy atom. The van der Waals surface area contributed by atoms with Gasteiger partial charge in [-0.3, -0.25) is 4.79 Å². The molecule has 2 N–H and O–H groups in total. The van der Waals surface area contributed by atoms with Gasteiger partial charge in [-0.1, -0.05) is 15.9 Å². The van der Waals surface area contributed by atoms with Crippen molar-refractivity contribution < 1.29 is 9.18 Å². The zero-order valence-electron chi connectivity index (χ0n) is 11.7. The van der Waals surface area contributed by atoms with Crippen LogP contribution in [0, 0.1) is 5.82 Å². The van der Waals surface area contributed by atoms with Crippen molar-refractivity contribution in [3.05, 3.63) is 34.1 Å². The van der Waals surface area contributed by atoms with Crippen molar-refractivity contribution in [1.82, 2.24) is 10.6 Å². The number of hydrogen-bond donors (Lipinski definition) is 2. The lowest BCUT2D eigenvalue weighted by molar-refractivity contribution is -0.124. The van der Waals surface area contributed by atoms with Crippen LogP contribution in [0.4, 0.5) is 4.39 Å². The summed E-state index contributed by atoms with van der Waals surface area (Å²) in [6.07, 6.45) is 0. The minimum Gasteiger partial charge on any atom is -0.350 e. The maximum absolute atomic E-state index is 13.1. The first-order chi connectivity index (χ1) is 8.69. The number of rotatable bonds is 4. The first-order valence-electron chi connectivity index (χ1n) is 6.18. The van der Waals surface area contributed by atoms with E-state index in [0.717, 1.165) is 10.0 Å². The van der Waals surface area contributed by atoms with E-state index in [1.165, 1.54) is 12.1 Å². The second kappa shape index (κ2) is 6.48. The van der Waals surface area contributed by atoms with Crippen LogP contribution in [0.3, 0.4) is 0 Å². The van der Waals surface area contributed by atoms with Crippen molar-refractivity contribution >= 4 is 21.8 Å². The Morgan fingerprint density at radius 1 is 1.42 bits per heavy atom. The number of carbonyl (C=O) groups is 1. The fourth-order valence-corrected chi connectivity index (χ4v) is 1.90. The predicted molar refractivity (Wildman–Crippen MR) is 78.3 cm³/mol. The van der Waals surface area contributed by atoms with Gasteiger partial charge in [-0.15, -0.1) is 0 Å². The van der Waals surface area contributed by atoms with E-state index in [1.54, 1.807) is 13.0 Å². The summed E-state index contributed by atoms with van der Waals surface area (Å²) in [7, 11) is 0. The van der Waals surface area contributed by atoms with Crippen molar-refractivity contribution in [3.8, 4) is 0 Å². The zero-order chi connectivity index (χ0) is 14.6. The van der Waals surface area contributed by atoms with Crippen molar-refractivity contribution in [2.24, 2.45) is 0 Å². The average molecular weight is 331 g/mol. The molecule has 0 saturated carbocycles. The molecular weight excluding hydrogens is 311 g/mol. The summed E-state index contributed by atoms with van der Waals surface area (Å²) >= 11 is 3.36. The van der Waals surface area contributed by atoms with Gasteiger partial charge >= 0.3 is 0 Å². The predicted octanol–water partition coefficient (Wildman–Crippen LogP) is 2.98. The smallest absolute Gasteiger partial charge is 0.237 e. The Hall–Kier alpha value is -0.940. The summed E-state index contributed by atoms with van der Waals surface area (Å²) in [5, 5.41) is 5.97. The monoisotopic (exact) mass is 330 g/mol. The lowest BCUT2D eigenvalue weighted by Crippen LogP contribution is -2.49. The van der Waals surface area contributed by atoms with Gasteiger partial charge in [0.15, 0.2) is 0 Å². The molecule has 0 spiro atoms. The summed E-state index contributed by atoms with van der Waals surface area (Å²) in [5.74, 6) is -0.355. The van der Waals surface area contributed by atoms with E-state index in [2.05, 4.69) is 26.6 Å². The molecule has 0 bridgehead atoms. The molecule has 0 fully saturated rings. The molecule has 1 aromatic rings. The molecule has 1 atom stereocenters. The molecule has 106 valence electrons. The molecule has 1 rings (SSSR count). The van der Waals surface area contributed by atoms with E-state index in [9.17, 15) is 9.18 Å². The molecule has 3 nitrogen and oxygen atoms in total. The topological polar surface area (TPSA) is 41.1 Å². The maximum atomic E-state index is 13.1.